The van der Waals surface area contributed by atoms with Crippen molar-refractivity contribution in [3.8, 4) is 0 Å². The van der Waals surface area contributed by atoms with Crippen LogP contribution in [0.5, 0.6) is 0 Å². The quantitative estimate of drug-likeness (QED) is 0.357. The lowest BCUT2D eigenvalue weighted by molar-refractivity contribution is 0.0946. The third kappa shape index (κ3) is 4.84. The molecule has 0 saturated heterocycles. The van der Waals surface area contributed by atoms with Gasteiger partial charge in [0.15, 0.2) is 0 Å². The van der Waals surface area contributed by atoms with Gasteiger partial charge in [-0.2, -0.15) is 0 Å². The average Bonchev–Trinajstić information content (AvgIpc) is 2.86. The molecule has 5 rings (SSSR count). The second kappa shape index (κ2) is 10.1. The van der Waals surface area contributed by atoms with E-state index in [2.05, 4.69) is 69.9 Å². The number of hydrogen-bond acceptors (Lipinski definition) is 4. The third-order valence-electron chi connectivity index (χ3n) is 7.23. The van der Waals surface area contributed by atoms with Crippen LogP contribution in [0.3, 0.4) is 0 Å². The van der Waals surface area contributed by atoms with Crippen molar-refractivity contribution in [2.24, 2.45) is 0 Å². The van der Waals surface area contributed by atoms with E-state index < -0.39 is 0 Å². The van der Waals surface area contributed by atoms with E-state index in [0.29, 0.717) is 6.54 Å². The van der Waals surface area contributed by atoms with Gasteiger partial charge in [0.25, 0.3) is 5.91 Å². The first kappa shape index (κ1) is 24.0. The van der Waals surface area contributed by atoms with Crippen molar-refractivity contribution in [1.82, 2.24) is 15.2 Å². The minimum absolute atomic E-state index is 0.0128. The molecule has 1 aromatic heterocycles. The number of para-hydroxylation sites is 1. The summed E-state index contributed by atoms with van der Waals surface area (Å²) in [5.74, 6) is -0.0128. The van der Waals surface area contributed by atoms with Gasteiger partial charge in [-0.25, -0.2) is 0 Å². The molecule has 0 bridgehead atoms. The molecule has 5 heteroatoms. The zero-order valence-corrected chi connectivity index (χ0v) is 21.6. The molecule has 3 aromatic carbocycles. The van der Waals surface area contributed by atoms with Crippen molar-refractivity contribution in [3.63, 3.8) is 0 Å². The fraction of sp³-hybridized carbons (Fsp3) is 0.290. The van der Waals surface area contributed by atoms with Crippen LogP contribution in [0.15, 0.2) is 60.7 Å². The SMILES string of the molecule is Cc1cc(Nc2c(C)cc(C)c(C(=O)NCCN3CCc4ccccc4C3)c2C)c2ccccc2n1. The smallest absolute Gasteiger partial charge is 0.251 e. The Balaban J connectivity index is 1.32. The number of anilines is 2. The summed E-state index contributed by atoms with van der Waals surface area (Å²) in [6, 6.07) is 21.0. The summed E-state index contributed by atoms with van der Waals surface area (Å²) < 4.78 is 0. The molecule has 0 radical (unpaired) electrons. The van der Waals surface area contributed by atoms with E-state index in [0.717, 1.165) is 76.3 Å². The fourth-order valence-corrected chi connectivity index (χ4v) is 5.43. The van der Waals surface area contributed by atoms with Crippen molar-refractivity contribution >= 4 is 28.2 Å². The fourth-order valence-electron chi connectivity index (χ4n) is 5.43. The largest absolute Gasteiger partial charge is 0.354 e. The number of nitrogens with zero attached hydrogens (tertiary/aromatic N) is 2. The number of pyridine rings is 1. The van der Waals surface area contributed by atoms with Crippen LogP contribution in [-0.4, -0.2) is 35.4 Å². The molecule has 0 spiro atoms. The number of hydrogen-bond donors (Lipinski definition) is 2. The molecule has 0 fully saturated rings. The van der Waals surface area contributed by atoms with Gasteiger partial charge in [0.1, 0.15) is 0 Å². The summed E-state index contributed by atoms with van der Waals surface area (Å²) in [6.07, 6.45) is 1.07. The first-order valence-electron chi connectivity index (χ1n) is 12.7. The molecule has 1 amide bonds. The Morgan fingerprint density at radius 1 is 0.944 bits per heavy atom. The Labute approximate surface area is 213 Å². The summed E-state index contributed by atoms with van der Waals surface area (Å²) in [5.41, 5.74) is 10.6. The van der Waals surface area contributed by atoms with Gasteiger partial charge in [0.2, 0.25) is 0 Å². The van der Waals surface area contributed by atoms with E-state index in [1.807, 2.05) is 39.0 Å². The summed E-state index contributed by atoms with van der Waals surface area (Å²) in [4.78, 5) is 20.4. The Bertz CT molecular complexity index is 1440. The molecule has 0 unspecified atom stereocenters. The Kier molecular flexibility index (Phi) is 6.75. The van der Waals surface area contributed by atoms with Crippen molar-refractivity contribution in [1.29, 1.82) is 0 Å². The van der Waals surface area contributed by atoms with Crippen LogP contribution in [0.25, 0.3) is 10.9 Å². The van der Waals surface area contributed by atoms with Crippen LogP contribution in [0, 0.1) is 27.7 Å². The highest BCUT2D eigenvalue weighted by Gasteiger charge is 2.19. The molecule has 0 atom stereocenters. The van der Waals surface area contributed by atoms with Crippen molar-refractivity contribution in [2.45, 2.75) is 40.7 Å². The molecule has 4 aromatic rings. The highest BCUT2D eigenvalue weighted by molar-refractivity contribution is 6.00. The Morgan fingerprint density at radius 2 is 1.69 bits per heavy atom. The predicted molar refractivity (Wildman–Crippen MR) is 148 cm³/mol. The van der Waals surface area contributed by atoms with Crippen LogP contribution in [0.2, 0.25) is 0 Å². The van der Waals surface area contributed by atoms with Gasteiger partial charge in [-0.15, -0.1) is 0 Å². The molecule has 1 aliphatic heterocycles. The molecule has 2 heterocycles. The molecule has 5 nitrogen and oxygen atoms in total. The Hall–Kier alpha value is -3.70. The summed E-state index contributed by atoms with van der Waals surface area (Å²) in [5, 5.41) is 7.88. The van der Waals surface area contributed by atoms with Crippen LogP contribution in [-0.2, 0) is 13.0 Å². The van der Waals surface area contributed by atoms with E-state index in [4.69, 9.17) is 0 Å². The number of aryl methyl sites for hydroxylation is 3. The standard InChI is InChI=1S/C31H34N4O/c1-20-17-21(2)30(34-28-18-22(3)33-27-12-8-7-11-26(27)28)23(4)29(20)31(36)32-14-16-35-15-13-24-9-5-6-10-25(24)19-35/h5-12,17-18H,13-16,19H2,1-4H3,(H,32,36)(H,33,34). The summed E-state index contributed by atoms with van der Waals surface area (Å²) in [6.45, 7) is 11.6. The number of fused-ring (bicyclic) bond motifs is 2. The molecular formula is C31H34N4O. The van der Waals surface area contributed by atoms with E-state index in [-0.39, 0.29) is 5.91 Å². The number of carbonyl (C=O) groups excluding carboxylic acids is 1. The second-order valence-electron chi connectivity index (χ2n) is 9.89. The van der Waals surface area contributed by atoms with Gasteiger partial charge < -0.3 is 10.6 Å². The number of rotatable bonds is 6. The monoisotopic (exact) mass is 478 g/mol. The second-order valence-corrected chi connectivity index (χ2v) is 9.89. The van der Waals surface area contributed by atoms with Gasteiger partial charge in [-0.3, -0.25) is 14.7 Å². The normalized spacial score (nSPS) is 13.4. The zero-order chi connectivity index (χ0) is 25.2. The zero-order valence-electron chi connectivity index (χ0n) is 21.6. The third-order valence-corrected chi connectivity index (χ3v) is 7.23. The lowest BCUT2D eigenvalue weighted by Crippen LogP contribution is -2.38. The molecule has 184 valence electrons. The van der Waals surface area contributed by atoms with E-state index in [1.165, 1.54) is 11.1 Å². The predicted octanol–water partition coefficient (Wildman–Crippen LogP) is 6.00. The van der Waals surface area contributed by atoms with Crippen molar-refractivity contribution in [3.05, 3.63) is 99.7 Å². The highest BCUT2D eigenvalue weighted by Crippen LogP contribution is 2.33. The molecule has 2 N–H and O–H groups in total. The maximum absolute atomic E-state index is 13.3. The minimum Gasteiger partial charge on any atom is -0.354 e. The van der Waals surface area contributed by atoms with E-state index in [9.17, 15) is 4.79 Å². The highest BCUT2D eigenvalue weighted by atomic mass is 16.1. The van der Waals surface area contributed by atoms with Crippen molar-refractivity contribution in [2.75, 3.05) is 25.0 Å². The van der Waals surface area contributed by atoms with Crippen LogP contribution in [0.4, 0.5) is 11.4 Å². The molecule has 36 heavy (non-hydrogen) atoms. The van der Waals surface area contributed by atoms with Crippen LogP contribution in [0.1, 0.15) is 43.9 Å². The summed E-state index contributed by atoms with van der Waals surface area (Å²) in [7, 11) is 0. The average molecular weight is 479 g/mol. The molecule has 0 saturated carbocycles. The molecule has 1 aliphatic rings. The van der Waals surface area contributed by atoms with Gasteiger partial charge >= 0.3 is 0 Å². The number of benzene rings is 3. The lowest BCUT2D eigenvalue weighted by atomic mass is 9.96. The van der Waals surface area contributed by atoms with Gasteiger partial charge in [0.05, 0.1) is 5.52 Å². The van der Waals surface area contributed by atoms with Gasteiger partial charge in [-0.1, -0.05) is 48.5 Å². The molecule has 0 aliphatic carbocycles. The number of amides is 1. The van der Waals surface area contributed by atoms with Crippen LogP contribution < -0.4 is 10.6 Å². The number of nitrogens with one attached hydrogen (secondary N) is 2. The first-order chi connectivity index (χ1) is 17.4. The lowest BCUT2D eigenvalue weighted by Gasteiger charge is -2.28. The maximum Gasteiger partial charge on any atom is 0.251 e. The Morgan fingerprint density at radius 3 is 2.53 bits per heavy atom. The maximum atomic E-state index is 13.3. The van der Waals surface area contributed by atoms with E-state index >= 15 is 0 Å². The topological polar surface area (TPSA) is 57.3 Å². The molecular weight excluding hydrogens is 444 g/mol. The number of aromatic nitrogens is 1. The van der Waals surface area contributed by atoms with Crippen LogP contribution >= 0.6 is 0 Å². The van der Waals surface area contributed by atoms with Crippen molar-refractivity contribution < 1.29 is 4.79 Å². The van der Waals surface area contributed by atoms with Gasteiger partial charge in [-0.05, 0) is 74.1 Å². The van der Waals surface area contributed by atoms with Gasteiger partial charge in [0, 0.05) is 54.2 Å². The minimum atomic E-state index is -0.0128. The summed E-state index contributed by atoms with van der Waals surface area (Å²) >= 11 is 0. The number of carbonyl (C=O) groups is 1. The van der Waals surface area contributed by atoms with E-state index in [1.54, 1.807) is 0 Å². The first-order valence-corrected chi connectivity index (χ1v) is 12.7.